The average Bonchev–Trinajstić information content (AvgIpc) is 2.87. The van der Waals surface area contributed by atoms with Gasteiger partial charge < -0.3 is 9.64 Å². The van der Waals surface area contributed by atoms with Crippen molar-refractivity contribution in [2.24, 2.45) is 5.92 Å². The minimum Gasteiger partial charge on any atom is -0.456 e. The number of aromatic nitrogens is 1. The molecule has 3 rings (SSSR count). The summed E-state index contributed by atoms with van der Waals surface area (Å²) in [6.45, 7) is 0.185. The van der Waals surface area contributed by atoms with Crippen LogP contribution in [0.5, 0.6) is 11.5 Å². The topological polar surface area (TPSA) is 76.6 Å². The van der Waals surface area contributed by atoms with Gasteiger partial charge in [0.1, 0.15) is 11.5 Å². The van der Waals surface area contributed by atoms with Gasteiger partial charge in [-0.1, -0.05) is 0 Å². The zero-order chi connectivity index (χ0) is 17.2. The summed E-state index contributed by atoms with van der Waals surface area (Å²) in [6.07, 6.45) is 3.25. The SMILES string of the molecule is O=C1CC(CS(=O)(=O)F)CN1c1ccc(Oc2cccnc2)cc1. The Hall–Kier alpha value is -2.48. The van der Waals surface area contributed by atoms with Gasteiger partial charge in [-0.05, 0) is 36.4 Å². The summed E-state index contributed by atoms with van der Waals surface area (Å²) < 4.78 is 39.9. The summed E-state index contributed by atoms with van der Waals surface area (Å²) in [6, 6.07) is 10.3. The third-order valence-electron chi connectivity index (χ3n) is 3.66. The highest BCUT2D eigenvalue weighted by Gasteiger charge is 2.33. The summed E-state index contributed by atoms with van der Waals surface area (Å²) >= 11 is 0. The summed E-state index contributed by atoms with van der Waals surface area (Å²) in [4.78, 5) is 17.4. The van der Waals surface area contributed by atoms with E-state index in [1.807, 2.05) is 0 Å². The predicted molar refractivity (Wildman–Crippen MR) is 86.1 cm³/mol. The van der Waals surface area contributed by atoms with Gasteiger partial charge in [0.15, 0.2) is 0 Å². The van der Waals surface area contributed by atoms with Crippen LogP contribution in [-0.2, 0) is 15.0 Å². The molecule has 1 aliphatic rings. The third-order valence-corrected chi connectivity index (χ3v) is 4.53. The van der Waals surface area contributed by atoms with E-state index in [1.54, 1.807) is 48.8 Å². The molecule has 0 bridgehead atoms. The second-order valence-corrected chi connectivity index (χ2v) is 6.98. The lowest BCUT2D eigenvalue weighted by Crippen LogP contribution is -2.25. The number of ether oxygens (including phenoxy) is 1. The number of carbonyl (C=O) groups excluding carboxylic acids is 1. The zero-order valence-corrected chi connectivity index (χ0v) is 13.4. The number of pyridine rings is 1. The summed E-state index contributed by atoms with van der Waals surface area (Å²) in [5.41, 5.74) is 0.622. The number of halogens is 1. The lowest BCUT2D eigenvalue weighted by atomic mass is 10.1. The van der Waals surface area contributed by atoms with Crippen LogP contribution in [0, 0.1) is 5.92 Å². The molecule has 1 saturated heterocycles. The number of anilines is 1. The highest BCUT2D eigenvalue weighted by molar-refractivity contribution is 7.86. The van der Waals surface area contributed by atoms with E-state index in [4.69, 9.17) is 4.74 Å². The first-order valence-electron chi connectivity index (χ1n) is 7.31. The molecule has 126 valence electrons. The molecular weight excluding hydrogens is 335 g/mol. The standard InChI is InChI=1S/C16H15FN2O4S/c17-24(21,22)11-12-8-16(20)19(10-12)13-3-5-14(6-4-13)23-15-2-1-7-18-9-15/h1-7,9,12H,8,10-11H2. The van der Waals surface area contributed by atoms with Crippen LogP contribution in [0.15, 0.2) is 48.8 Å². The summed E-state index contributed by atoms with van der Waals surface area (Å²) in [5.74, 6) is -0.197. The normalized spacial score (nSPS) is 18.0. The van der Waals surface area contributed by atoms with Crippen LogP contribution in [0.2, 0.25) is 0 Å². The quantitative estimate of drug-likeness (QED) is 0.775. The monoisotopic (exact) mass is 350 g/mol. The first kappa shape index (κ1) is 16.4. The number of rotatable bonds is 5. The molecule has 2 heterocycles. The lowest BCUT2D eigenvalue weighted by Gasteiger charge is -2.17. The van der Waals surface area contributed by atoms with Crippen molar-refractivity contribution in [3.63, 3.8) is 0 Å². The zero-order valence-electron chi connectivity index (χ0n) is 12.6. The van der Waals surface area contributed by atoms with Gasteiger partial charge in [-0.3, -0.25) is 9.78 Å². The molecule has 1 fully saturated rings. The van der Waals surface area contributed by atoms with E-state index < -0.39 is 21.9 Å². The fourth-order valence-electron chi connectivity index (χ4n) is 2.66. The van der Waals surface area contributed by atoms with E-state index in [0.29, 0.717) is 17.2 Å². The molecule has 6 nitrogen and oxygen atoms in total. The van der Waals surface area contributed by atoms with Gasteiger partial charge in [0.05, 0.1) is 11.9 Å². The van der Waals surface area contributed by atoms with Crippen molar-refractivity contribution in [3.8, 4) is 11.5 Å². The van der Waals surface area contributed by atoms with Crippen LogP contribution in [0.4, 0.5) is 9.57 Å². The molecule has 0 saturated carbocycles. The van der Waals surface area contributed by atoms with Crippen LogP contribution in [0.25, 0.3) is 0 Å². The van der Waals surface area contributed by atoms with Gasteiger partial charge in [0.25, 0.3) is 0 Å². The Morgan fingerprint density at radius 1 is 1.21 bits per heavy atom. The van der Waals surface area contributed by atoms with Crippen molar-refractivity contribution >= 4 is 21.8 Å². The number of hydrogen-bond acceptors (Lipinski definition) is 5. The van der Waals surface area contributed by atoms with Crippen molar-refractivity contribution in [1.82, 2.24) is 4.98 Å². The molecule has 0 N–H and O–H groups in total. The van der Waals surface area contributed by atoms with E-state index >= 15 is 0 Å². The molecule has 1 aromatic carbocycles. The molecule has 1 amide bonds. The van der Waals surface area contributed by atoms with Gasteiger partial charge in [-0.25, -0.2) is 0 Å². The van der Waals surface area contributed by atoms with Crippen molar-refractivity contribution < 1.29 is 21.8 Å². The number of carbonyl (C=O) groups is 1. The summed E-state index contributed by atoms with van der Waals surface area (Å²) in [5, 5.41) is 0. The van der Waals surface area contributed by atoms with Gasteiger partial charge in [-0.15, -0.1) is 3.89 Å². The minimum atomic E-state index is -4.58. The Labute approximate surface area is 139 Å². The van der Waals surface area contributed by atoms with Gasteiger partial charge >= 0.3 is 10.2 Å². The molecule has 1 unspecified atom stereocenters. The number of hydrogen-bond donors (Lipinski definition) is 0. The Morgan fingerprint density at radius 2 is 1.96 bits per heavy atom. The van der Waals surface area contributed by atoms with E-state index in [-0.39, 0.29) is 18.9 Å². The lowest BCUT2D eigenvalue weighted by molar-refractivity contribution is -0.117. The van der Waals surface area contributed by atoms with Crippen molar-refractivity contribution in [2.75, 3.05) is 17.2 Å². The molecule has 24 heavy (non-hydrogen) atoms. The average molecular weight is 350 g/mol. The Kier molecular flexibility index (Phi) is 4.48. The van der Waals surface area contributed by atoms with Crippen LogP contribution < -0.4 is 9.64 Å². The number of nitrogens with zero attached hydrogens (tertiary/aromatic N) is 2. The molecule has 1 aromatic heterocycles. The van der Waals surface area contributed by atoms with Gasteiger partial charge in [0.2, 0.25) is 5.91 Å². The van der Waals surface area contributed by atoms with E-state index in [1.165, 1.54) is 4.90 Å². The first-order chi connectivity index (χ1) is 11.4. The predicted octanol–water partition coefficient (Wildman–Crippen LogP) is 2.53. The molecule has 2 aromatic rings. The van der Waals surface area contributed by atoms with Crippen LogP contribution in [0.1, 0.15) is 6.42 Å². The van der Waals surface area contributed by atoms with Crippen LogP contribution >= 0.6 is 0 Å². The number of amides is 1. The maximum Gasteiger partial charge on any atom is 0.302 e. The van der Waals surface area contributed by atoms with Gasteiger partial charge in [0, 0.05) is 30.8 Å². The second-order valence-electron chi connectivity index (χ2n) is 5.56. The van der Waals surface area contributed by atoms with Gasteiger partial charge in [-0.2, -0.15) is 8.42 Å². The fraction of sp³-hybridized carbons (Fsp3) is 0.250. The smallest absolute Gasteiger partial charge is 0.302 e. The van der Waals surface area contributed by atoms with Crippen molar-refractivity contribution in [2.45, 2.75) is 6.42 Å². The summed E-state index contributed by atoms with van der Waals surface area (Å²) in [7, 11) is -4.58. The van der Waals surface area contributed by atoms with Crippen LogP contribution in [0.3, 0.4) is 0 Å². The Morgan fingerprint density at radius 3 is 2.58 bits per heavy atom. The van der Waals surface area contributed by atoms with E-state index in [2.05, 4.69) is 4.98 Å². The third kappa shape index (κ3) is 4.08. The molecule has 8 heteroatoms. The maximum atomic E-state index is 12.8. The van der Waals surface area contributed by atoms with Crippen molar-refractivity contribution in [3.05, 3.63) is 48.8 Å². The fourth-order valence-corrected chi connectivity index (χ4v) is 3.45. The maximum absolute atomic E-state index is 12.8. The molecule has 1 atom stereocenters. The van der Waals surface area contributed by atoms with E-state index in [9.17, 15) is 17.1 Å². The van der Waals surface area contributed by atoms with Crippen LogP contribution in [-0.4, -0.2) is 31.6 Å². The molecule has 0 spiro atoms. The highest BCUT2D eigenvalue weighted by atomic mass is 32.3. The largest absolute Gasteiger partial charge is 0.456 e. The first-order valence-corrected chi connectivity index (χ1v) is 8.86. The molecule has 1 aliphatic heterocycles. The Bertz CT molecular complexity index is 825. The molecule has 0 aliphatic carbocycles. The Balaban J connectivity index is 1.68. The minimum absolute atomic E-state index is 0.0249. The second kappa shape index (κ2) is 6.56. The van der Waals surface area contributed by atoms with E-state index in [0.717, 1.165) is 0 Å². The number of benzene rings is 1. The van der Waals surface area contributed by atoms with Crippen molar-refractivity contribution in [1.29, 1.82) is 0 Å². The highest BCUT2D eigenvalue weighted by Crippen LogP contribution is 2.29. The molecule has 0 radical (unpaired) electrons. The molecular formula is C16H15FN2O4S.